The van der Waals surface area contributed by atoms with E-state index in [9.17, 15) is 4.79 Å². The van der Waals surface area contributed by atoms with Gasteiger partial charge in [-0.05, 0) is 30.2 Å². The van der Waals surface area contributed by atoms with Crippen molar-refractivity contribution in [3.63, 3.8) is 0 Å². The minimum Gasteiger partial charge on any atom is -0.508 e. The summed E-state index contributed by atoms with van der Waals surface area (Å²) in [5.74, 6) is 4.23. The molecule has 0 radical (unpaired) electrons. The third-order valence-electron chi connectivity index (χ3n) is 1.20. The van der Waals surface area contributed by atoms with Crippen LogP contribution in [-0.4, -0.2) is 11.0 Å². The number of benzene rings is 1. The number of primary amides is 1. The monoisotopic (exact) mass is 161 g/mol. The quantitative estimate of drug-likeness (QED) is 0.535. The molecule has 0 spiro atoms. The normalized spacial score (nSPS) is 8.33. The van der Waals surface area contributed by atoms with Gasteiger partial charge in [0.15, 0.2) is 0 Å². The van der Waals surface area contributed by atoms with Gasteiger partial charge >= 0.3 is 0 Å². The first-order chi connectivity index (χ1) is 5.68. The molecule has 0 aliphatic heterocycles. The number of hydrogen-bond acceptors (Lipinski definition) is 2. The van der Waals surface area contributed by atoms with E-state index < -0.39 is 5.91 Å². The summed E-state index contributed by atoms with van der Waals surface area (Å²) < 4.78 is 0. The van der Waals surface area contributed by atoms with Crippen molar-refractivity contribution in [1.82, 2.24) is 0 Å². The molecule has 0 saturated heterocycles. The lowest BCUT2D eigenvalue weighted by Gasteiger charge is -1.89. The van der Waals surface area contributed by atoms with Crippen molar-refractivity contribution in [2.24, 2.45) is 5.73 Å². The fourth-order valence-electron chi connectivity index (χ4n) is 0.679. The van der Waals surface area contributed by atoms with Crippen LogP contribution in [0.3, 0.4) is 0 Å². The molecule has 0 aliphatic carbocycles. The minimum absolute atomic E-state index is 0.166. The van der Waals surface area contributed by atoms with E-state index in [2.05, 4.69) is 11.8 Å². The van der Waals surface area contributed by atoms with Gasteiger partial charge in [-0.1, -0.05) is 5.92 Å². The van der Waals surface area contributed by atoms with E-state index in [0.29, 0.717) is 5.56 Å². The van der Waals surface area contributed by atoms with Crippen molar-refractivity contribution in [2.75, 3.05) is 0 Å². The van der Waals surface area contributed by atoms with Crippen LogP contribution in [0.25, 0.3) is 0 Å². The fraction of sp³-hybridized carbons (Fsp3) is 0. The van der Waals surface area contributed by atoms with Gasteiger partial charge < -0.3 is 10.8 Å². The van der Waals surface area contributed by atoms with Crippen LogP contribution >= 0.6 is 0 Å². The summed E-state index contributed by atoms with van der Waals surface area (Å²) >= 11 is 0. The molecule has 0 aromatic heterocycles. The summed E-state index contributed by atoms with van der Waals surface area (Å²) in [5.41, 5.74) is 5.45. The lowest BCUT2D eigenvalue weighted by atomic mass is 10.2. The molecule has 3 heteroatoms. The van der Waals surface area contributed by atoms with Crippen LogP contribution in [0.5, 0.6) is 5.75 Å². The van der Waals surface area contributed by atoms with Gasteiger partial charge in [-0.25, -0.2) is 0 Å². The number of nitrogens with two attached hydrogens (primary N) is 1. The second-order valence-corrected chi connectivity index (χ2v) is 2.16. The van der Waals surface area contributed by atoms with Crippen LogP contribution in [0, 0.1) is 11.8 Å². The topological polar surface area (TPSA) is 63.3 Å². The molecular weight excluding hydrogens is 154 g/mol. The van der Waals surface area contributed by atoms with Gasteiger partial charge in [0.05, 0.1) is 0 Å². The molecule has 0 heterocycles. The van der Waals surface area contributed by atoms with E-state index in [1.807, 2.05) is 0 Å². The summed E-state index contributed by atoms with van der Waals surface area (Å²) in [6.45, 7) is 0. The first-order valence-electron chi connectivity index (χ1n) is 3.29. The molecule has 12 heavy (non-hydrogen) atoms. The summed E-state index contributed by atoms with van der Waals surface area (Å²) in [6, 6.07) is 6.19. The summed E-state index contributed by atoms with van der Waals surface area (Å²) in [7, 11) is 0. The van der Waals surface area contributed by atoms with Crippen molar-refractivity contribution in [1.29, 1.82) is 0 Å². The van der Waals surface area contributed by atoms with Crippen molar-refractivity contribution in [3.05, 3.63) is 29.8 Å². The van der Waals surface area contributed by atoms with Crippen molar-refractivity contribution in [3.8, 4) is 17.6 Å². The predicted molar refractivity (Wildman–Crippen MR) is 44.2 cm³/mol. The average Bonchev–Trinajstić information content (AvgIpc) is 2.03. The third kappa shape index (κ3) is 2.35. The van der Waals surface area contributed by atoms with Crippen LogP contribution in [0.2, 0.25) is 0 Å². The SMILES string of the molecule is NC(=O)C#Cc1ccc(O)cc1. The molecule has 0 atom stereocenters. The second kappa shape index (κ2) is 3.44. The predicted octanol–water partition coefficient (Wildman–Crippen LogP) is 0.229. The number of carbonyl (C=O) groups excluding carboxylic acids is 1. The highest BCUT2D eigenvalue weighted by atomic mass is 16.3. The summed E-state index contributed by atoms with van der Waals surface area (Å²) in [6.07, 6.45) is 0. The first kappa shape index (κ1) is 8.15. The highest BCUT2D eigenvalue weighted by Crippen LogP contribution is 2.07. The first-order valence-corrected chi connectivity index (χ1v) is 3.29. The molecule has 3 nitrogen and oxygen atoms in total. The smallest absolute Gasteiger partial charge is 0.293 e. The van der Waals surface area contributed by atoms with E-state index >= 15 is 0 Å². The van der Waals surface area contributed by atoms with Crippen LogP contribution in [-0.2, 0) is 4.79 Å². The molecule has 1 aromatic rings. The zero-order chi connectivity index (χ0) is 8.97. The van der Waals surface area contributed by atoms with E-state index in [1.54, 1.807) is 12.1 Å². The van der Waals surface area contributed by atoms with E-state index in [1.165, 1.54) is 12.1 Å². The van der Waals surface area contributed by atoms with Gasteiger partial charge in [0.2, 0.25) is 0 Å². The number of phenolic OH excluding ortho intramolecular Hbond substituents is 1. The molecule has 1 amide bonds. The van der Waals surface area contributed by atoms with Gasteiger partial charge in [0.25, 0.3) is 5.91 Å². The van der Waals surface area contributed by atoms with Crippen molar-refractivity contribution in [2.45, 2.75) is 0 Å². The minimum atomic E-state index is -0.664. The largest absolute Gasteiger partial charge is 0.508 e. The molecular formula is C9H7NO2. The molecule has 0 aliphatic rings. The Bertz CT molecular complexity index is 343. The van der Waals surface area contributed by atoms with Gasteiger partial charge in [-0.3, -0.25) is 4.79 Å². The fourth-order valence-corrected chi connectivity index (χ4v) is 0.679. The standard InChI is InChI=1S/C9H7NO2/c10-9(12)6-3-7-1-4-8(11)5-2-7/h1-2,4-5,11H,(H2,10,12). The van der Waals surface area contributed by atoms with Crippen molar-refractivity contribution < 1.29 is 9.90 Å². The highest BCUT2D eigenvalue weighted by molar-refractivity contribution is 5.92. The molecule has 60 valence electrons. The van der Waals surface area contributed by atoms with Gasteiger partial charge in [-0.2, -0.15) is 0 Å². The Morgan fingerprint density at radius 2 is 1.92 bits per heavy atom. The van der Waals surface area contributed by atoms with Crippen molar-refractivity contribution >= 4 is 5.91 Å². The Kier molecular flexibility index (Phi) is 2.34. The van der Waals surface area contributed by atoms with Gasteiger partial charge in [0.1, 0.15) is 5.75 Å². The zero-order valence-electron chi connectivity index (χ0n) is 6.24. The lowest BCUT2D eigenvalue weighted by Crippen LogP contribution is -2.06. The lowest BCUT2D eigenvalue weighted by molar-refractivity contribution is -0.112. The third-order valence-corrected chi connectivity index (χ3v) is 1.20. The van der Waals surface area contributed by atoms with E-state index in [0.717, 1.165) is 0 Å². The van der Waals surface area contributed by atoms with Crippen LogP contribution in [0.4, 0.5) is 0 Å². The second-order valence-electron chi connectivity index (χ2n) is 2.16. The van der Waals surface area contributed by atoms with Crippen LogP contribution in [0.1, 0.15) is 5.56 Å². The summed E-state index contributed by atoms with van der Waals surface area (Å²) in [4.78, 5) is 10.2. The molecule has 0 saturated carbocycles. The Balaban J connectivity index is 2.86. The molecule has 1 rings (SSSR count). The highest BCUT2D eigenvalue weighted by Gasteiger charge is 1.87. The van der Waals surface area contributed by atoms with E-state index in [4.69, 9.17) is 10.8 Å². The maximum atomic E-state index is 10.2. The van der Waals surface area contributed by atoms with Crippen LogP contribution < -0.4 is 5.73 Å². The molecule has 0 unspecified atom stereocenters. The number of aromatic hydroxyl groups is 1. The number of carbonyl (C=O) groups is 1. The Morgan fingerprint density at radius 3 is 2.42 bits per heavy atom. The maximum Gasteiger partial charge on any atom is 0.293 e. The maximum absolute atomic E-state index is 10.2. The molecule has 0 bridgehead atoms. The van der Waals surface area contributed by atoms with Crippen LogP contribution in [0.15, 0.2) is 24.3 Å². The Labute approximate surface area is 69.8 Å². The Morgan fingerprint density at radius 1 is 1.33 bits per heavy atom. The zero-order valence-corrected chi connectivity index (χ0v) is 6.24. The Hall–Kier alpha value is -1.95. The summed E-state index contributed by atoms with van der Waals surface area (Å²) in [5, 5.41) is 8.89. The average molecular weight is 161 g/mol. The van der Waals surface area contributed by atoms with E-state index in [-0.39, 0.29) is 5.75 Å². The molecule has 0 fully saturated rings. The molecule has 3 N–H and O–H groups in total. The molecule has 1 aromatic carbocycles. The number of rotatable bonds is 0. The number of phenols is 1. The van der Waals surface area contributed by atoms with Gasteiger partial charge in [0, 0.05) is 5.56 Å². The van der Waals surface area contributed by atoms with Gasteiger partial charge in [-0.15, -0.1) is 0 Å². The number of amides is 1. The number of hydrogen-bond donors (Lipinski definition) is 2.